The number of amides is 1. The minimum atomic E-state index is -6.03. The van der Waals surface area contributed by atoms with Crippen molar-refractivity contribution >= 4 is 60.5 Å². The lowest BCUT2D eigenvalue weighted by molar-refractivity contribution is -0.0435. The summed E-state index contributed by atoms with van der Waals surface area (Å²) in [5.74, 6) is 0.434. The Morgan fingerprint density at radius 2 is 1.55 bits per heavy atom. The quantitative estimate of drug-likeness (QED) is 0.106. The molecule has 1 aliphatic heterocycles. The summed E-state index contributed by atoms with van der Waals surface area (Å²) in [6.07, 6.45) is 5.26. The molecule has 0 spiro atoms. The number of carbonyl (C=O) groups excluding carboxylic acids is 1. The van der Waals surface area contributed by atoms with Crippen LogP contribution in [0.15, 0.2) is 112 Å². The molecule has 0 bridgehead atoms. The Balaban J connectivity index is 1.11. The fraction of sp³-hybridized carbons (Fsp3) is 0.419. The maximum Gasteiger partial charge on any atom is 0.501 e. The number of hydrogen-bond donors (Lipinski definition) is 2. The van der Waals surface area contributed by atoms with E-state index >= 15 is 0 Å². The van der Waals surface area contributed by atoms with Gasteiger partial charge in [-0.15, -0.1) is 11.8 Å². The van der Waals surface area contributed by atoms with E-state index in [1.807, 2.05) is 66.2 Å². The molecule has 2 N–H and O–H groups in total. The number of anilines is 2. The molecule has 324 valence electrons. The average molecular weight is 907 g/mol. The normalized spacial score (nSPS) is 18.6. The second-order valence-electron chi connectivity index (χ2n) is 15.6. The molecule has 0 radical (unpaired) electrons. The topological polar surface area (TPSA) is 119 Å². The monoisotopic (exact) mass is 905 g/mol. The Morgan fingerprint density at radius 1 is 0.883 bits per heavy atom. The van der Waals surface area contributed by atoms with Crippen LogP contribution in [0.4, 0.5) is 24.5 Å². The number of nitrogens with zero attached hydrogens (tertiary/aromatic N) is 3. The number of thioether (sulfide) groups is 1. The molecule has 1 amide bonds. The molecule has 2 aliphatic rings. The first-order chi connectivity index (χ1) is 28.5. The van der Waals surface area contributed by atoms with Crippen molar-refractivity contribution in [2.45, 2.75) is 64.3 Å². The number of carbonyl (C=O) groups is 1. The second kappa shape index (κ2) is 19.9. The number of benzene rings is 4. The first-order valence-corrected chi connectivity index (χ1v) is 24.3. The van der Waals surface area contributed by atoms with Crippen LogP contribution in [-0.2, 0) is 19.9 Å². The lowest BCUT2D eigenvalue weighted by atomic mass is 9.75. The van der Waals surface area contributed by atoms with Crippen molar-refractivity contribution < 1.29 is 34.8 Å². The summed E-state index contributed by atoms with van der Waals surface area (Å²) in [5.41, 5.74) is -3.91. The van der Waals surface area contributed by atoms with E-state index in [1.165, 1.54) is 55.1 Å². The van der Waals surface area contributed by atoms with E-state index in [1.54, 1.807) is 12.1 Å². The molecule has 1 saturated carbocycles. The summed E-state index contributed by atoms with van der Waals surface area (Å²) in [7, 11) is -7.17. The highest BCUT2D eigenvalue weighted by molar-refractivity contribution is 7.99. The van der Waals surface area contributed by atoms with Gasteiger partial charge >= 0.3 is 5.51 Å². The number of piperazine rings is 1. The van der Waals surface area contributed by atoms with Gasteiger partial charge in [-0.05, 0) is 124 Å². The average Bonchev–Trinajstić information content (AvgIpc) is 3.22. The van der Waals surface area contributed by atoms with Gasteiger partial charge in [0, 0.05) is 65.7 Å². The maximum absolute atomic E-state index is 14.0. The van der Waals surface area contributed by atoms with Crippen molar-refractivity contribution in [3.8, 4) is 0 Å². The summed E-state index contributed by atoms with van der Waals surface area (Å²) in [6, 6.07) is 25.9. The van der Waals surface area contributed by atoms with Crippen LogP contribution in [0.25, 0.3) is 0 Å². The minimum absolute atomic E-state index is 0.00701. The Labute approximate surface area is 360 Å². The summed E-state index contributed by atoms with van der Waals surface area (Å²) < 4.78 is 96.7. The van der Waals surface area contributed by atoms with Crippen molar-refractivity contribution in [2.75, 3.05) is 69.3 Å². The van der Waals surface area contributed by atoms with Crippen LogP contribution in [-0.4, -0.2) is 103 Å². The van der Waals surface area contributed by atoms with Gasteiger partial charge in [0.25, 0.3) is 25.8 Å². The smallest absolute Gasteiger partial charge is 0.380 e. The SMILES string of the molecule is CN(C)CC[C@H](CSc1ccccc1)Nc1ccc(S(=O)(=O)NC(=O)c2ccc(N3CCN(C[C@H]4CCCC[C@@H]4c4ccc(Cl)cc4)CC3)cc2)cc1S(=O)(=O)C(F)(F)F. The zero-order valence-corrected chi connectivity index (χ0v) is 36.8. The largest absolute Gasteiger partial charge is 0.501 e. The van der Waals surface area contributed by atoms with Gasteiger partial charge in [-0.2, -0.15) is 13.2 Å². The van der Waals surface area contributed by atoms with Crippen LogP contribution in [0, 0.1) is 5.92 Å². The third-order valence-electron chi connectivity index (χ3n) is 11.1. The van der Waals surface area contributed by atoms with Crippen molar-refractivity contribution in [1.29, 1.82) is 0 Å². The molecule has 0 unspecified atom stereocenters. The van der Waals surface area contributed by atoms with Gasteiger partial charge in [0.05, 0.1) is 10.6 Å². The molecule has 4 aromatic carbocycles. The standard InChI is InChI=1S/C43H51ClF3N5O5S3/c1-50(2)23-22-35(30-58-37-9-4-3-5-10-37)48-40-21-20-38(28-41(40)59(54,55)43(45,46)47)60(56,57)49-42(53)32-14-18-36(19-15-32)52-26-24-51(25-27-52)29-33-8-6-7-11-39(33)31-12-16-34(44)17-13-31/h3-5,9-10,12-21,28,33,35,39,48H,6-8,11,22-27,29-30H2,1-2H3,(H,49,53)/t33-,35-,39-/m1/s1. The van der Waals surface area contributed by atoms with Crippen LogP contribution in [0.3, 0.4) is 0 Å². The molecule has 10 nitrogen and oxygen atoms in total. The van der Waals surface area contributed by atoms with Gasteiger partial charge in [0.15, 0.2) is 0 Å². The van der Waals surface area contributed by atoms with Crippen molar-refractivity contribution in [3.05, 3.63) is 113 Å². The Bertz CT molecular complexity index is 2280. The molecule has 2 fully saturated rings. The molecule has 6 rings (SSSR count). The fourth-order valence-corrected chi connectivity index (χ4v) is 11.0. The summed E-state index contributed by atoms with van der Waals surface area (Å²) in [6.45, 7) is 4.84. The van der Waals surface area contributed by atoms with E-state index in [0.717, 1.165) is 60.5 Å². The number of nitrogens with one attached hydrogen (secondary N) is 2. The number of hydrogen-bond acceptors (Lipinski definition) is 10. The fourth-order valence-electron chi connectivity index (χ4n) is 7.84. The van der Waals surface area contributed by atoms with Gasteiger partial charge in [-0.25, -0.2) is 21.6 Å². The molecular weight excluding hydrogens is 855 g/mol. The Morgan fingerprint density at radius 3 is 2.20 bits per heavy atom. The van der Waals surface area contributed by atoms with Crippen LogP contribution in [0.5, 0.6) is 0 Å². The van der Waals surface area contributed by atoms with Gasteiger partial charge in [-0.3, -0.25) is 9.69 Å². The molecular formula is C43H51ClF3N5O5S3. The molecule has 1 saturated heterocycles. The number of alkyl halides is 3. The highest BCUT2D eigenvalue weighted by Gasteiger charge is 2.48. The van der Waals surface area contributed by atoms with Crippen LogP contribution in [0.2, 0.25) is 5.02 Å². The van der Waals surface area contributed by atoms with Gasteiger partial charge < -0.3 is 15.1 Å². The molecule has 3 atom stereocenters. The number of halogens is 4. The van der Waals surface area contributed by atoms with E-state index in [9.17, 15) is 34.8 Å². The maximum atomic E-state index is 14.0. The first kappa shape index (κ1) is 45.7. The molecule has 1 aliphatic carbocycles. The zero-order chi connectivity index (χ0) is 43.1. The Hall–Kier alpha value is -3.80. The van der Waals surface area contributed by atoms with Gasteiger partial charge in [0.2, 0.25) is 0 Å². The Kier molecular flexibility index (Phi) is 15.2. The third kappa shape index (κ3) is 11.8. The van der Waals surface area contributed by atoms with E-state index in [-0.39, 0.29) is 5.56 Å². The molecule has 17 heteroatoms. The summed E-state index contributed by atoms with van der Waals surface area (Å²) in [5, 5.41) is 3.68. The van der Waals surface area contributed by atoms with Crippen molar-refractivity contribution in [1.82, 2.24) is 14.5 Å². The predicted molar refractivity (Wildman–Crippen MR) is 233 cm³/mol. The van der Waals surface area contributed by atoms with Crippen LogP contribution in [0.1, 0.15) is 53.9 Å². The lowest BCUT2D eigenvalue weighted by Crippen LogP contribution is -2.48. The lowest BCUT2D eigenvalue weighted by Gasteiger charge is -2.40. The van der Waals surface area contributed by atoms with E-state index in [4.69, 9.17) is 11.6 Å². The number of sulfone groups is 1. The molecule has 0 aromatic heterocycles. The van der Waals surface area contributed by atoms with Crippen LogP contribution < -0.4 is 14.9 Å². The van der Waals surface area contributed by atoms with E-state index in [2.05, 4.69) is 27.2 Å². The highest BCUT2D eigenvalue weighted by Crippen LogP contribution is 2.39. The number of rotatable bonds is 16. The predicted octanol–water partition coefficient (Wildman–Crippen LogP) is 8.37. The summed E-state index contributed by atoms with van der Waals surface area (Å²) >= 11 is 7.59. The third-order valence-corrected chi connectivity index (χ3v) is 15.4. The first-order valence-electron chi connectivity index (χ1n) is 19.9. The van der Waals surface area contributed by atoms with E-state index < -0.39 is 52.8 Å². The van der Waals surface area contributed by atoms with Crippen LogP contribution >= 0.6 is 23.4 Å². The molecule has 1 heterocycles. The second-order valence-corrected chi connectivity index (χ2v) is 20.8. The zero-order valence-electron chi connectivity index (χ0n) is 33.6. The highest BCUT2D eigenvalue weighted by atomic mass is 35.5. The van der Waals surface area contributed by atoms with Gasteiger partial charge in [-0.1, -0.05) is 54.8 Å². The molecule has 4 aromatic rings. The van der Waals surface area contributed by atoms with Gasteiger partial charge in [0.1, 0.15) is 4.90 Å². The number of sulfonamides is 1. The minimum Gasteiger partial charge on any atom is -0.380 e. The summed E-state index contributed by atoms with van der Waals surface area (Å²) in [4.78, 5) is 18.7. The van der Waals surface area contributed by atoms with E-state index in [0.29, 0.717) is 36.6 Å². The molecule has 60 heavy (non-hydrogen) atoms. The van der Waals surface area contributed by atoms with Crippen molar-refractivity contribution in [2.24, 2.45) is 5.92 Å². The van der Waals surface area contributed by atoms with Crippen molar-refractivity contribution in [3.63, 3.8) is 0 Å².